The van der Waals surface area contributed by atoms with Crippen LogP contribution in [0.15, 0.2) is 57.7 Å². The molecule has 3 aromatic rings. The van der Waals surface area contributed by atoms with Crippen LogP contribution in [0, 0.1) is 5.92 Å². The number of carbonyl (C=O) groups is 2. The third-order valence-electron chi connectivity index (χ3n) is 6.12. The Kier molecular flexibility index (Phi) is 7.18. The molecule has 2 heterocycles. The van der Waals surface area contributed by atoms with Gasteiger partial charge in [0.15, 0.2) is 11.7 Å². The fraction of sp³-hybridized carbons (Fsp3) is 0.400. The molecule has 1 aliphatic rings. The van der Waals surface area contributed by atoms with Crippen LogP contribution < -0.4 is 5.76 Å². The molecule has 0 radical (unpaired) electrons. The SMILES string of the molecule is C[C@H](OC(=O)CCn1c(=O)oc2cc(Cl)ccc21)C(=O)N1CCC(Cc2ccccc2)CC1. The van der Waals surface area contributed by atoms with Crippen molar-refractivity contribution < 1.29 is 18.7 Å². The molecule has 0 unspecified atom stereocenters. The first-order valence-corrected chi connectivity index (χ1v) is 11.6. The molecule has 1 amide bonds. The number of halogens is 1. The Balaban J connectivity index is 1.25. The van der Waals surface area contributed by atoms with E-state index in [0.29, 0.717) is 35.1 Å². The minimum atomic E-state index is -0.861. The number of hydrogen-bond acceptors (Lipinski definition) is 5. The van der Waals surface area contributed by atoms with Gasteiger partial charge in [-0.3, -0.25) is 14.2 Å². The zero-order valence-electron chi connectivity index (χ0n) is 18.5. The molecule has 0 aliphatic carbocycles. The van der Waals surface area contributed by atoms with Gasteiger partial charge >= 0.3 is 11.7 Å². The first-order chi connectivity index (χ1) is 15.9. The summed E-state index contributed by atoms with van der Waals surface area (Å²) in [5.74, 6) is -0.734. The third-order valence-corrected chi connectivity index (χ3v) is 6.35. The molecule has 2 aromatic carbocycles. The number of piperidine rings is 1. The van der Waals surface area contributed by atoms with Crippen LogP contribution in [0.25, 0.3) is 11.1 Å². The van der Waals surface area contributed by atoms with Crippen LogP contribution in [0.4, 0.5) is 0 Å². The van der Waals surface area contributed by atoms with Crippen LogP contribution >= 0.6 is 11.6 Å². The molecule has 174 valence electrons. The number of aromatic nitrogens is 1. The lowest BCUT2D eigenvalue weighted by Crippen LogP contribution is -2.44. The first kappa shape index (κ1) is 23.1. The zero-order valence-corrected chi connectivity index (χ0v) is 19.3. The molecular formula is C25H27ClN2O5. The van der Waals surface area contributed by atoms with Gasteiger partial charge in [-0.25, -0.2) is 4.79 Å². The maximum absolute atomic E-state index is 12.8. The fourth-order valence-electron chi connectivity index (χ4n) is 4.32. The highest BCUT2D eigenvalue weighted by molar-refractivity contribution is 6.31. The van der Waals surface area contributed by atoms with E-state index in [4.69, 9.17) is 20.8 Å². The normalized spacial score (nSPS) is 15.5. The Morgan fingerprint density at radius 1 is 1.15 bits per heavy atom. The van der Waals surface area contributed by atoms with Crippen molar-refractivity contribution in [3.63, 3.8) is 0 Å². The van der Waals surface area contributed by atoms with Gasteiger partial charge < -0.3 is 14.1 Å². The van der Waals surface area contributed by atoms with Crippen molar-refractivity contribution in [1.29, 1.82) is 0 Å². The van der Waals surface area contributed by atoms with Crippen LogP contribution in [0.3, 0.4) is 0 Å². The highest BCUT2D eigenvalue weighted by atomic mass is 35.5. The predicted octanol–water partition coefficient (Wildman–Crippen LogP) is 4.05. The summed E-state index contributed by atoms with van der Waals surface area (Å²) in [4.78, 5) is 38.9. The molecule has 4 rings (SSSR count). The zero-order chi connectivity index (χ0) is 23.4. The first-order valence-electron chi connectivity index (χ1n) is 11.2. The lowest BCUT2D eigenvalue weighted by Gasteiger charge is -2.33. The maximum atomic E-state index is 12.8. The summed E-state index contributed by atoms with van der Waals surface area (Å²) in [5.41, 5.74) is 2.23. The second-order valence-corrected chi connectivity index (χ2v) is 8.91. The minimum absolute atomic E-state index is 0.0477. The number of aryl methyl sites for hydroxylation is 1. The van der Waals surface area contributed by atoms with Gasteiger partial charge in [0.25, 0.3) is 5.91 Å². The van der Waals surface area contributed by atoms with Crippen molar-refractivity contribution in [2.45, 2.75) is 45.3 Å². The average molecular weight is 471 g/mol. The van der Waals surface area contributed by atoms with Crippen molar-refractivity contribution in [2.24, 2.45) is 5.92 Å². The van der Waals surface area contributed by atoms with E-state index in [2.05, 4.69) is 12.1 Å². The van der Waals surface area contributed by atoms with E-state index in [1.54, 1.807) is 30.0 Å². The van der Waals surface area contributed by atoms with Gasteiger partial charge in [0.1, 0.15) is 0 Å². The van der Waals surface area contributed by atoms with Crippen LogP contribution in [0.1, 0.15) is 31.7 Å². The Morgan fingerprint density at radius 3 is 2.61 bits per heavy atom. The summed E-state index contributed by atoms with van der Waals surface area (Å²) in [6, 6.07) is 15.2. The second kappa shape index (κ2) is 10.3. The molecule has 1 aromatic heterocycles. The van der Waals surface area contributed by atoms with Crippen LogP contribution in [-0.4, -0.2) is 40.5 Å². The number of oxazole rings is 1. The van der Waals surface area contributed by atoms with Crippen molar-refractivity contribution in [3.8, 4) is 0 Å². The van der Waals surface area contributed by atoms with Gasteiger partial charge in [-0.2, -0.15) is 0 Å². The van der Waals surface area contributed by atoms with E-state index < -0.39 is 17.8 Å². The summed E-state index contributed by atoms with van der Waals surface area (Å²) >= 11 is 5.92. The van der Waals surface area contributed by atoms with E-state index in [1.807, 2.05) is 18.2 Å². The molecule has 1 aliphatic heterocycles. The Bertz CT molecular complexity index is 1180. The molecule has 7 nitrogen and oxygen atoms in total. The smallest absolute Gasteiger partial charge is 0.419 e. The summed E-state index contributed by atoms with van der Waals surface area (Å²) in [5, 5.41) is 0.458. The van der Waals surface area contributed by atoms with Crippen molar-refractivity contribution >= 4 is 34.6 Å². The van der Waals surface area contributed by atoms with Gasteiger partial charge in [0.05, 0.1) is 11.9 Å². The number of likely N-dealkylation sites (tertiary alicyclic amines) is 1. The van der Waals surface area contributed by atoms with Gasteiger partial charge in [0, 0.05) is 30.7 Å². The summed E-state index contributed by atoms with van der Waals surface area (Å²) in [6.07, 6.45) is 1.97. The van der Waals surface area contributed by atoms with E-state index in [0.717, 1.165) is 19.3 Å². The number of rotatable bonds is 7. The standard InChI is InChI=1S/C25H27ClN2O5/c1-17(24(30)27-12-9-19(10-13-27)15-18-5-3-2-4-6-18)32-23(29)11-14-28-21-8-7-20(26)16-22(21)33-25(28)31/h2-8,16-17,19H,9-15H2,1H3/t17-/m0/s1. The molecule has 1 saturated heterocycles. The number of benzene rings is 2. The highest BCUT2D eigenvalue weighted by Crippen LogP contribution is 2.23. The molecule has 0 bridgehead atoms. The van der Waals surface area contributed by atoms with Crippen LogP contribution in [-0.2, 0) is 27.3 Å². The Morgan fingerprint density at radius 2 is 1.88 bits per heavy atom. The highest BCUT2D eigenvalue weighted by Gasteiger charge is 2.28. The molecule has 8 heteroatoms. The largest absolute Gasteiger partial charge is 0.452 e. The predicted molar refractivity (Wildman–Crippen MR) is 125 cm³/mol. The van der Waals surface area contributed by atoms with Gasteiger partial charge in [-0.05, 0) is 49.8 Å². The van der Waals surface area contributed by atoms with Crippen LogP contribution in [0.2, 0.25) is 5.02 Å². The van der Waals surface area contributed by atoms with E-state index in [-0.39, 0.29) is 18.9 Å². The van der Waals surface area contributed by atoms with E-state index in [9.17, 15) is 14.4 Å². The van der Waals surface area contributed by atoms with E-state index >= 15 is 0 Å². The van der Waals surface area contributed by atoms with Crippen molar-refractivity contribution in [2.75, 3.05) is 13.1 Å². The fourth-order valence-corrected chi connectivity index (χ4v) is 4.49. The topological polar surface area (TPSA) is 81.7 Å². The molecule has 0 N–H and O–H groups in total. The maximum Gasteiger partial charge on any atom is 0.419 e. The Hall–Kier alpha value is -3.06. The number of nitrogens with zero attached hydrogens (tertiary/aromatic N) is 2. The van der Waals surface area contributed by atoms with Gasteiger partial charge in [0.2, 0.25) is 0 Å². The summed E-state index contributed by atoms with van der Waals surface area (Å²) in [7, 11) is 0. The number of carbonyl (C=O) groups excluding carboxylic acids is 2. The molecule has 33 heavy (non-hydrogen) atoms. The van der Waals surface area contributed by atoms with Gasteiger partial charge in [-0.15, -0.1) is 0 Å². The average Bonchev–Trinajstić information content (AvgIpc) is 3.12. The molecule has 1 atom stereocenters. The summed E-state index contributed by atoms with van der Waals surface area (Å²) in [6.45, 7) is 3.02. The molecule has 0 spiro atoms. The van der Waals surface area contributed by atoms with Crippen LogP contribution in [0.5, 0.6) is 0 Å². The Labute approximate surface area is 196 Å². The second-order valence-electron chi connectivity index (χ2n) is 8.47. The van der Waals surface area contributed by atoms with E-state index in [1.165, 1.54) is 10.1 Å². The lowest BCUT2D eigenvalue weighted by molar-refractivity contribution is -0.160. The number of ether oxygens (including phenoxy) is 1. The molecule has 0 saturated carbocycles. The monoisotopic (exact) mass is 470 g/mol. The molecular weight excluding hydrogens is 444 g/mol. The lowest BCUT2D eigenvalue weighted by atomic mass is 9.90. The molecule has 1 fully saturated rings. The minimum Gasteiger partial charge on any atom is -0.452 e. The van der Waals surface area contributed by atoms with Gasteiger partial charge in [-0.1, -0.05) is 41.9 Å². The number of esters is 1. The quantitative estimate of drug-likeness (QED) is 0.486. The third kappa shape index (κ3) is 5.66. The summed E-state index contributed by atoms with van der Waals surface area (Å²) < 4.78 is 11.9. The van der Waals surface area contributed by atoms with Crippen molar-refractivity contribution in [3.05, 3.63) is 69.7 Å². The number of hydrogen-bond donors (Lipinski definition) is 0. The van der Waals surface area contributed by atoms with Crippen molar-refractivity contribution in [1.82, 2.24) is 9.47 Å². The number of amides is 1. The number of fused-ring (bicyclic) bond motifs is 1.